The highest BCUT2D eigenvalue weighted by Crippen LogP contribution is 2.19. The zero-order chi connectivity index (χ0) is 12.1. The van der Waals surface area contributed by atoms with Crippen LogP contribution >= 0.6 is 0 Å². The predicted molar refractivity (Wildman–Crippen MR) is 66.5 cm³/mol. The lowest BCUT2D eigenvalue weighted by atomic mass is 10.1. The lowest BCUT2D eigenvalue weighted by molar-refractivity contribution is -0.112. The minimum atomic E-state index is 0.0695. The molecule has 2 heteroatoms. The minimum Gasteiger partial charge on any atom is -0.491 e. The summed E-state index contributed by atoms with van der Waals surface area (Å²) in [7, 11) is 0. The van der Waals surface area contributed by atoms with Gasteiger partial charge in [0.25, 0.3) is 0 Å². The average Bonchev–Trinajstić information content (AvgIpc) is 2.16. The summed E-state index contributed by atoms with van der Waals surface area (Å²) in [6.45, 7) is 7.48. The first-order valence-electron chi connectivity index (χ1n) is 5.45. The standard InChI is InChI=1S/C14H18O2/c1-10(2)16-14-7-5-13(6-8-14)11(3)9-12(4)15/h5-10H,1-4H3/b11-9+. The molecule has 0 aromatic heterocycles. The highest BCUT2D eigenvalue weighted by Gasteiger charge is 2.00. The molecule has 1 aromatic carbocycles. The van der Waals surface area contributed by atoms with Gasteiger partial charge in [-0.25, -0.2) is 0 Å². The Morgan fingerprint density at radius 1 is 1.19 bits per heavy atom. The first kappa shape index (κ1) is 12.5. The molecule has 16 heavy (non-hydrogen) atoms. The molecule has 2 nitrogen and oxygen atoms in total. The maximum Gasteiger partial charge on any atom is 0.152 e. The molecule has 0 aliphatic heterocycles. The van der Waals surface area contributed by atoms with Crippen LogP contribution in [-0.2, 0) is 4.79 Å². The van der Waals surface area contributed by atoms with Crippen molar-refractivity contribution < 1.29 is 9.53 Å². The molecule has 0 aliphatic rings. The van der Waals surface area contributed by atoms with Crippen LogP contribution in [0.1, 0.15) is 33.3 Å². The molecule has 0 unspecified atom stereocenters. The van der Waals surface area contributed by atoms with Gasteiger partial charge in [-0.3, -0.25) is 4.79 Å². The number of hydrogen-bond acceptors (Lipinski definition) is 2. The molecule has 0 atom stereocenters. The largest absolute Gasteiger partial charge is 0.491 e. The van der Waals surface area contributed by atoms with Crippen LogP contribution in [0.25, 0.3) is 5.57 Å². The van der Waals surface area contributed by atoms with Crippen molar-refractivity contribution in [3.8, 4) is 5.75 Å². The average molecular weight is 218 g/mol. The van der Waals surface area contributed by atoms with Gasteiger partial charge in [-0.2, -0.15) is 0 Å². The number of ketones is 1. The fourth-order valence-corrected chi connectivity index (χ4v) is 1.46. The number of carbonyl (C=O) groups excluding carboxylic acids is 1. The molecule has 0 fully saturated rings. The van der Waals surface area contributed by atoms with E-state index in [2.05, 4.69) is 0 Å². The molecule has 1 aromatic rings. The molecule has 0 radical (unpaired) electrons. The Hall–Kier alpha value is -1.57. The zero-order valence-electron chi connectivity index (χ0n) is 10.3. The van der Waals surface area contributed by atoms with E-state index in [9.17, 15) is 4.79 Å². The second-order valence-corrected chi connectivity index (χ2v) is 4.13. The second kappa shape index (κ2) is 5.50. The van der Waals surface area contributed by atoms with Crippen LogP contribution in [0.2, 0.25) is 0 Å². The van der Waals surface area contributed by atoms with Crippen molar-refractivity contribution >= 4 is 11.4 Å². The molecular formula is C14H18O2. The normalized spacial score (nSPS) is 11.7. The van der Waals surface area contributed by atoms with E-state index in [-0.39, 0.29) is 11.9 Å². The Labute approximate surface area is 96.9 Å². The minimum absolute atomic E-state index is 0.0695. The number of carbonyl (C=O) groups is 1. The van der Waals surface area contributed by atoms with Gasteiger partial charge in [0.1, 0.15) is 5.75 Å². The van der Waals surface area contributed by atoms with E-state index in [0.29, 0.717) is 0 Å². The van der Waals surface area contributed by atoms with Crippen LogP contribution in [-0.4, -0.2) is 11.9 Å². The number of ether oxygens (including phenoxy) is 1. The van der Waals surface area contributed by atoms with Gasteiger partial charge in [0.2, 0.25) is 0 Å². The highest BCUT2D eigenvalue weighted by molar-refractivity contribution is 5.94. The molecule has 0 saturated heterocycles. The van der Waals surface area contributed by atoms with E-state index in [1.165, 1.54) is 0 Å². The first-order valence-corrected chi connectivity index (χ1v) is 5.45. The van der Waals surface area contributed by atoms with Crippen molar-refractivity contribution in [2.45, 2.75) is 33.8 Å². The number of rotatable bonds is 4. The summed E-state index contributed by atoms with van der Waals surface area (Å²) >= 11 is 0. The maximum atomic E-state index is 10.9. The van der Waals surface area contributed by atoms with Crippen LogP contribution in [0.15, 0.2) is 30.3 Å². The molecule has 0 bridgehead atoms. The van der Waals surface area contributed by atoms with Crippen LogP contribution in [0.5, 0.6) is 5.75 Å². The maximum absolute atomic E-state index is 10.9. The molecule has 0 N–H and O–H groups in total. The molecule has 0 heterocycles. The van der Waals surface area contributed by atoms with Gasteiger partial charge < -0.3 is 4.74 Å². The number of benzene rings is 1. The smallest absolute Gasteiger partial charge is 0.152 e. The van der Waals surface area contributed by atoms with Gasteiger partial charge >= 0.3 is 0 Å². The topological polar surface area (TPSA) is 26.3 Å². The van der Waals surface area contributed by atoms with Crippen molar-refractivity contribution in [3.63, 3.8) is 0 Å². The molecule has 86 valence electrons. The zero-order valence-corrected chi connectivity index (χ0v) is 10.3. The molecule has 0 aliphatic carbocycles. The van der Waals surface area contributed by atoms with Crippen LogP contribution in [0.4, 0.5) is 0 Å². The van der Waals surface area contributed by atoms with E-state index in [1.807, 2.05) is 45.0 Å². The number of allylic oxidation sites excluding steroid dienone is 2. The molecule has 0 saturated carbocycles. The summed E-state index contributed by atoms with van der Waals surface area (Å²) in [6, 6.07) is 7.78. The van der Waals surface area contributed by atoms with Crippen LogP contribution in [0.3, 0.4) is 0 Å². The van der Waals surface area contributed by atoms with Gasteiger partial charge in [0, 0.05) is 0 Å². The van der Waals surface area contributed by atoms with Gasteiger partial charge in [0.05, 0.1) is 6.10 Å². The Morgan fingerprint density at radius 2 is 1.75 bits per heavy atom. The summed E-state index contributed by atoms with van der Waals surface area (Å²) in [5.74, 6) is 0.925. The SMILES string of the molecule is CC(=O)/C=C(\C)c1ccc(OC(C)C)cc1. The Kier molecular flexibility index (Phi) is 4.29. The van der Waals surface area contributed by atoms with Crippen molar-refractivity contribution in [2.24, 2.45) is 0 Å². The molecule has 0 spiro atoms. The van der Waals surface area contributed by atoms with E-state index in [0.717, 1.165) is 16.9 Å². The molecule has 1 rings (SSSR count). The van der Waals surface area contributed by atoms with Crippen LogP contribution < -0.4 is 4.74 Å². The van der Waals surface area contributed by atoms with E-state index in [4.69, 9.17) is 4.74 Å². The predicted octanol–water partition coefficient (Wildman–Crippen LogP) is 3.47. The summed E-state index contributed by atoms with van der Waals surface area (Å²) in [5.41, 5.74) is 2.02. The summed E-state index contributed by atoms with van der Waals surface area (Å²) < 4.78 is 5.54. The Morgan fingerprint density at radius 3 is 2.19 bits per heavy atom. The van der Waals surface area contributed by atoms with Gasteiger partial charge in [-0.05, 0) is 57.0 Å². The number of hydrogen-bond donors (Lipinski definition) is 0. The third kappa shape index (κ3) is 3.89. The Bertz CT molecular complexity index is 386. The van der Waals surface area contributed by atoms with Gasteiger partial charge in [-0.15, -0.1) is 0 Å². The molecular weight excluding hydrogens is 200 g/mol. The monoisotopic (exact) mass is 218 g/mol. The lowest BCUT2D eigenvalue weighted by Crippen LogP contribution is -2.05. The molecule has 0 amide bonds. The Balaban J connectivity index is 2.82. The third-order valence-corrected chi connectivity index (χ3v) is 2.10. The quantitative estimate of drug-likeness (QED) is 0.723. The fraction of sp³-hybridized carbons (Fsp3) is 0.357. The summed E-state index contributed by atoms with van der Waals surface area (Å²) in [6.07, 6.45) is 1.82. The van der Waals surface area contributed by atoms with Gasteiger partial charge in [-0.1, -0.05) is 12.1 Å². The van der Waals surface area contributed by atoms with Crippen molar-refractivity contribution in [1.82, 2.24) is 0 Å². The second-order valence-electron chi connectivity index (χ2n) is 4.13. The third-order valence-electron chi connectivity index (χ3n) is 2.10. The van der Waals surface area contributed by atoms with Gasteiger partial charge in [0.15, 0.2) is 5.78 Å². The fourth-order valence-electron chi connectivity index (χ4n) is 1.46. The van der Waals surface area contributed by atoms with E-state index in [1.54, 1.807) is 13.0 Å². The summed E-state index contributed by atoms with van der Waals surface area (Å²) in [5, 5.41) is 0. The van der Waals surface area contributed by atoms with Crippen molar-refractivity contribution in [1.29, 1.82) is 0 Å². The first-order chi connectivity index (χ1) is 7.49. The van der Waals surface area contributed by atoms with Crippen molar-refractivity contribution in [3.05, 3.63) is 35.9 Å². The van der Waals surface area contributed by atoms with E-state index < -0.39 is 0 Å². The van der Waals surface area contributed by atoms with Crippen LogP contribution in [0, 0.1) is 0 Å². The lowest BCUT2D eigenvalue weighted by Gasteiger charge is -2.10. The highest BCUT2D eigenvalue weighted by atomic mass is 16.5. The van der Waals surface area contributed by atoms with Crippen molar-refractivity contribution in [2.75, 3.05) is 0 Å². The summed E-state index contributed by atoms with van der Waals surface area (Å²) in [4.78, 5) is 10.9. The van der Waals surface area contributed by atoms with E-state index >= 15 is 0 Å².